The fourth-order valence-corrected chi connectivity index (χ4v) is 5.97. The van der Waals surface area contributed by atoms with Crippen molar-refractivity contribution in [3.8, 4) is 0 Å². The zero-order valence-corrected chi connectivity index (χ0v) is 22.6. The second kappa shape index (κ2) is 12.5. The minimum atomic E-state index is -4.10. The summed E-state index contributed by atoms with van der Waals surface area (Å²) in [6, 6.07) is 16.0. The molecule has 1 aliphatic carbocycles. The molecule has 1 fully saturated rings. The highest BCUT2D eigenvalue weighted by Gasteiger charge is 2.24. The molecule has 196 valence electrons. The molecule has 9 heteroatoms. The fraction of sp³-hybridized carbons (Fsp3) is 0.393. The molecule has 1 aliphatic rings. The van der Waals surface area contributed by atoms with Crippen LogP contribution in [0.15, 0.2) is 65.7 Å². The molecule has 0 atom stereocenters. The predicted octanol–water partition coefficient (Wildman–Crippen LogP) is 5.44. The number of sulfonamides is 1. The first kappa shape index (κ1) is 27.1. The third-order valence-corrected chi connectivity index (χ3v) is 8.43. The van der Waals surface area contributed by atoms with Crippen LogP contribution in [0, 0.1) is 5.92 Å². The Hall–Kier alpha value is -2.97. The fourth-order valence-electron chi connectivity index (χ4n) is 4.70. The quantitative estimate of drug-likeness (QED) is 0.368. The van der Waals surface area contributed by atoms with E-state index < -0.39 is 15.9 Å². The van der Waals surface area contributed by atoms with Crippen LogP contribution in [0.2, 0.25) is 5.02 Å². The maximum atomic E-state index is 13.2. The lowest BCUT2D eigenvalue weighted by molar-refractivity contribution is 0.0979. The molecule has 1 saturated carbocycles. The minimum Gasteiger partial charge on any atom is -0.344 e. The molecule has 0 spiro atoms. The summed E-state index contributed by atoms with van der Waals surface area (Å²) in [6.07, 6.45) is 9.87. The number of nitrogens with zero attached hydrogens (tertiary/aromatic N) is 3. The Morgan fingerprint density at radius 1 is 1.05 bits per heavy atom. The maximum Gasteiger partial charge on any atom is 0.268 e. The van der Waals surface area contributed by atoms with E-state index in [1.807, 2.05) is 30.1 Å². The van der Waals surface area contributed by atoms with E-state index in [1.165, 1.54) is 62.1 Å². The first-order valence-electron chi connectivity index (χ1n) is 12.8. The molecule has 4 rings (SSSR count). The van der Waals surface area contributed by atoms with Crippen LogP contribution in [-0.4, -0.2) is 37.9 Å². The van der Waals surface area contributed by atoms with Crippen LogP contribution < -0.4 is 9.62 Å². The molecule has 37 heavy (non-hydrogen) atoms. The molecule has 7 nitrogen and oxygen atoms in total. The maximum absolute atomic E-state index is 13.2. The highest BCUT2D eigenvalue weighted by atomic mass is 35.5. The molecule has 2 aromatic carbocycles. The molecule has 0 bridgehead atoms. The SMILES string of the molecule is CN(CCc1ccccc1)c1ncc(C(=O)NS(=O)(=O)c2cccc(Cl)c2)c(CCC2CCCCC2)n1. The van der Waals surface area contributed by atoms with E-state index in [1.54, 1.807) is 6.07 Å². The second-order valence-corrected chi connectivity index (χ2v) is 11.7. The van der Waals surface area contributed by atoms with Gasteiger partial charge in [0.05, 0.1) is 16.2 Å². The van der Waals surface area contributed by atoms with E-state index in [-0.39, 0.29) is 15.5 Å². The normalized spacial score (nSPS) is 14.3. The van der Waals surface area contributed by atoms with Gasteiger partial charge in [0, 0.05) is 24.8 Å². The van der Waals surface area contributed by atoms with Crippen molar-refractivity contribution < 1.29 is 13.2 Å². The summed E-state index contributed by atoms with van der Waals surface area (Å²) in [5.74, 6) is 0.370. The lowest BCUT2D eigenvalue weighted by atomic mass is 9.85. The molecule has 1 heterocycles. The van der Waals surface area contributed by atoms with E-state index in [2.05, 4.69) is 21.8 Å². The van der Waals surface area contributed by atoms with Crippen LogP contribution >= 0.6 is 11.6 Å². The summed E-state index contributed by atoms with van der Waals surface area (Å²) in [4.78, 5) is 24.2. The van der Waals surface area contributed by atoms with E-state index >= 15 is 0 Å². The molecular weight excluding hydrogens is 508 g/mol. The number of nitrogens with one attached hydrogen (secondary N) is 1. The summed E-state index contributed by atoms with van der Waals surface area (Å²) < 4.78 is 27.9. The van der Waals surface area contributed by atoms with E-state index in [0.717, 1.165) is 12.8 Å². The number of anilines is 1. The third kappa shape index (κ3) is 7.52. The molecule has 0 radical (unpaired) electrons. The van der Waals surface area contributed by atoms with Gasteiger partial charge >= 0.3 is 0 Å². The highest BCUT2D eigenvalue weighted by Crippen LogP contribution is 2.28. The molecule has 1 aromatic heterocycles. The molecular formula is C28H33ClN4O3S. The Morgan fingerprint density at radius 3 is 2.54 bits per heavy atom. The van der Waals surface area contributed by atoms with Gasteiger partial charge < -0.3 is 4.90 Å². The smallest absolute Gasteiger partial charge is 0.268 e. The lowest BCUT2D eigenvalue weighted by Gasteiger charge is -2.22. The Morgan fingerprint density at radius 2 is 1.81 bits per heavy atom. The lowest BCUT2D eigenvalue weighted by Crippen LogP contribution is -2.32. The topological polar surface area (TPSA) is 92.3 Å². The number of aromatic nitrogens is 2. The van der Waals surface area contributed by atoms with Crippen molar-refractivity contribution in [1.29, 1.82) is 0 Å². The Bertz CT molecular complexity index is 1310. The average molecular weight is 541 g/mol. The van der Waals surface area contributed by atoms with Crippen LogP contribution in [0.5, 0.6) is 0 Å². The number of carbonyl (C=O) groups excluding carboxylic acids is 1. The number of hydrogen-bond donors (Lipinski definition) is 1. The van der Waals surface area contributed by atoms with Crippen LogP contribution in [0.4, 0.5) is 5.95 Å². The van der Waals surface area contributed by atoms with E-state index in [0.29, 0.717) is 30.5 Å². The largest absolute Gasteiger partial charge is 0.344 e. The molecule has 1 amide bonds. The van der Waals surface area contributed by atoms with Crippen molar-refractivity contribution in [3.63, 3.8) is 0 Å². The van der Waals surface area contributed by atoms with Crippen molar-refractivity contribution in [3.05, 3.63) is 82.6 Å². The van der Waals surface area contributed by atoms with Crippen molar-refractivity contribution in [2.75, 3.05) is 18.5 Å². The van der Waals surface area contributed by atoms with Gasteiger partial charge in [-0.1, -0.05) is 80.1 Å². The summed E-state index contributed by atoms with van der Waals surface area (Å²) in [5, 5.41) is 0.273. The van der Waals surface area contributed by atoms with E-state index in [9.17, 15) is 13.2 Å². The number of likely N-dealkylation sites (N-methyl/N-ethyl adjacent to an activating group) is 1. The predicted molar refractivity (Wildman–Crippen MR) is 146 cm³/mol. The van der Waals surface area contributed by atoms with Gasteiger partial charge in [0.2, 0.25) is 5.95 Å². The van der Waals surface area contributed by atoms with Crippen LogP contribution in [0.3, 0.4) is 0 Å². The second-order valence-electron chi connectivity index (χ2n) is 9.62. The first-order chi connectivity index (χ1) is 17.8. The monoisotopic (exact) mass is 540 g/mol. The number of amides is 1. The molecule has 0 unspecified atom stereocenters. The van der Waals surface area contributed by atoms with Gasteiger partial charge in [-0.3, -0.25) is 4.79 Å². The zero-order valence-electron chi connectivity index (χ0n) is 21.1. The number of hydrogen-bond acceptors (Lipinski definition) is 6. The van der Waals surface area contributed by atoms with Crippen LogP contribution in [-0.2, 0) is 22.9 Å². The van der Waals surface area contributed by atoms with E-state index in [4.69, 9.17) is 16.6 Å². The summed E-state index contributed by atoms with van der Waals surface area (Å²) in [7, 11) is -2.17. The Balaban J connectivity index is 1.54. The Kier molecular flexibility index (Phi) is 9.16. The van der Waals surface area contributed by atoms with Gasteiger partial charge in [-0.2, -0.15) is 0 Å². The molecule has 0 aliphatic heterocycles. The molecule has 0 saturated heterocycles. The number of halogens is 1. The van der Waals surface area contributed by atoms with Gasteiger partial charge in [0.25, 0.3) is 15.9 Å². The van der Waals surface area contributed by atoms with Crippen LogP contribution in [0.25, 0.3) is 0 Å². The van der Waals surface area contributed by atoms with Gasteiger partial charge in [-0.15, -0.1) is 0 Å². The zero-order chi connectivity index (χ0) is 26.3. The van der Waals surface area contributed by atoms with Crippen LogP contribution in [0.1, 0.15) is 60.1 Å². The number of benzene rings is 2. The number of carbonyl (C=O) groups is 1. The minimum absolute atomic E-state index is 0.0738. The Labute approximate surface area is 224 Å². The van der Waals surface area contributed by atoms with Gasteiger partial charge in [-0.05, 0) is 48.9 Å². The summed E-state index contributed by atoms with van der Waals surface area (Å²) in [6.45, 7) is 0.709. The molecule has 1 N–H and O–H groups in total. The third-order valence-electron chi connectivity index (χ3n) is 6.87. The van der Waals surface area contributed by atoms with Crippen molar-refractivity contribution in [2.45, 2.75) is 56.3 Å². The summed E-state index contributed by atoms with van der Waals surface area (Å²) in [5.41, 5.74) is 1.97. The first-order valence-corrected chi connectivity index (χ1v) is 14.6. The van der Waals surface area contributed by atoms with Crippen molar-refractivity contribution >= 4 is 33.5 Å². The highest BCUT2D eigenvalue weighted by molar-refractivity contribution is 7.90. The van der Waals surface area contributed by atoms with Crippen molar-refractivity contribution in [2.24, 2.45) is 5.92 Å². The van der Waals surface area contributed by atoms with Gasteiger partial charge in [0.1, 0.15) is 0 Å². The van der Waals surface area contributed by atoms with Gasteiger partial charge in [0.15, 0.2) is 0 Å². The number of rotatable bonds is 10. The van der Waals surface area contributed by atoms with Crippen molar-refractivity contribution in [1.82, 2.24) is 14.7 Å². The average Bonchev–Trinajstić information content (AvgIpc) is 2.91. The number of aryl methyl sites for hydroxylation is 1. The summed E-state index contributed by atoms with van der Waals surface area (Å²) >= 11 is 5.95. The standard InChI is InChI=1S/C28H33ClN4O3S/c1-33(18-17-22-11-6-3-7-12-22)28-30-20-25(26(31-28)16-15-21-9-4-2-5-10-21)27(34)32-37(35,36)24-14-8-13-23(29)19-24/h3,6-8,11-14,19-21H,2,4-5,9-10,15-18H2,1H3,(H,32,34). The van der Waals surface area contributed by atoms with Gasteiger partial charge in [-0.25, -0.2) is 23.1 Å². The molecule has 3 aromatic rings.